The first-order valence-corrected chi connectivity index (χ1v) is 9.69. The third-order valence-corrected chi connectivity index (χ3v) is 5.54. The van der Waals surface area contributed by atoms with Crippen LogP contribution in [0.3, 0.4) is 0 Å². The van der Waals surface area contributed by atoms with Crippen molar-refractivity contribution in [3.05, 3.63) is 35.6 Å². The summed E-state index contributed by atoms with van der Waals surface area (Å²) in [5.74, 6) is 0.566. The molecule has 5 nitrogen and oxygen atoms in total. The number of carbonyl (C=O) groups excluding carboxylic acids is 1. The standard InChI is InChI=1S/C20H29FN4O.HI/c1-2-22-19(23-14-18(26)25-12-3-4-13-25)24-15-20(10-5-11-20)16-6-8-17(21)9-7-16;/h6-9H,2-5,10-15H2,1H3,(H2,22,23,24);1H. The molecule has 1 heterocycles. The van der Waals surface area contributed by atoms with Crippen molar-refractivity contribution in [2.75, 3.05) is 32.7 Å². The second-order valence-electron chi connectivity index (χ2n) is 7.28. The zero-order valence-electron chi connectivity index (χ0n) is 16.0. The molecule has 0 radical (unpaired) electrons. The maximum Gasteiger partial charge on any atom is 0.244 e. The van der Waals surface area contributed by atoms with Crippen LogP contribution in [0.15, 0.2) is 29.3 Å². The van der Waals surface area contributed by atoms with Crippen molar-refractivity contribution < 1.29 is 9.18 Å². The van der Waals surface area contributed by atoms with E-state index in [4.69, 9.17) is 0 Å². The summed E-state index contributed by atoms with van der Waals surface area (Å²) in [5, 5.41) is 6.61. The molecule has 1 aliphatic carbocycles. The van der Waals surface area contributed by atoms with Crippen molar-refractivity contribution in [3.8, 4) is 0 Å². The number of nitrogens with one attached hydrogen (secondary N) is 2. The highest BCUT2D eigenvalue weighted by Gasteiger charge is 2.38. The summed E-state index contributed by atoms with van der Waals surface area (Å²) in [6.07, 6.45) is 5.53. The van der Waals surface area contributed by atoms with E-state index in [0.29, 0.717) is 5.96 Å². The minimum absolute atomic E-state index is 0. The van der Waals surface area contributed by atoms with Crippen LogP contribution in [0.1, 0.15) is 44.6 Å². The summed E-state index contributed by atoms with van der Waals surface area (Å²) >= 11 is 0. The number of benzene rings is 1. The van der Waals surface area contributed by atoms with Crippen LogP contribution in [0.5, 0.6) is 0 Å². The zero-order valence-corrected chi connectivity index (χ0v) is 18.3. The molecule has 0 bridgehead atoms. The van der Waals surface area contributed by atoms with Crippen molar-refractivity contribution in [2.45, 2.75) is 44.4 Å². The lowest BCUT2D eigenvalue weighted by atomic mass is 9.64. The van der Waals surface area contributed by atoms with Gasteiger partial charge in [0.1, 0.15) is 12.4 Å². The predicted molar refractivity (Wildman–Crippen MR) is 117 cm³/mol. The molecule has 2 N–H and O–H groups in total. The minimum Gasteiger partial charge on any atom is -0.357 e. The molecule has 1 aromatic carbocycles. The van der Waals surface area contributed by atoms with Gasteiger partial charge in [0.2, 0.25) is 5.91 Å². The van der Waals surface area contributed by atoms with Gasteiger partial charge in [0.05, 0.1) is 0 Å². The summed E-state index contributed by atoms with van der Waals surface area (Å²) < 4.78 is 13.2. The number of nitrogens with zero attached hydrogens (tertiary/aromatic N) is 2. The van der Waals surface area contributed by atoms with Crippen LogP contribution >= 0.6 is 24.0 Å². The molecule has 3 rings (SSSR count). The first-order valence-electron chi connectivity index (χ1n) is 9.69. The van der Waals surface area contributed by atoms with Crippen LogP contribution in [0, 0.1) is 5.82 Å². The SMILES string of the molecule is CCNC(=NCC(=O)N1CCCC1)NCC1(c2ccc(F)cc2)CCC1.I. The molecule has 0 spiro atoms. The Bertz CT molecular complexity index is 640. The molecule has 27 heavy (non-hydrogen) atoms. The second kappa shape index (κ2) is 10.2. The molecule has 0 atom stereocenters. The van der Waals surface area contributed by atoms with Gasteiger partial charge in [-0.25, -0.2) is 9.38 Å². The number of aliphatic imine (C=N–C) groups is 1. The molecule has 7 heteroatoms. The average molecular weight is 488 g/mol. The summed E-state index contributed by atoms with van der Waals surface area (Å²) in [6.45, 7) is 5.38. The van der Waals surface area contributed by atoms with Gasteiger partial charge in [-0.05, 0) is 50.3 Å². The Morgan fingerprint density at radius 2 is 1.81 bits per heavy atom. The quantitative estimate of drug-likeness (QED) is 0.368. The Balaban J connectivity index is 0.00000261. The number of rotatable bonds is 6. The third-order valence-electron chi connectivity index (χ3n) is 5.54. The first kappa shape index (κ1) is 21.9. The number of amides is 1. The van der Waals surface area contributed by atoms with E-state index in [0.717, 1.165) is 51.9 Å². The maximum atomic E-state index is 13.2. The Kier molecular flexibility index (Phi) is 8.31. The summed E-state index contributed by atoms with van der Waals surface area (Å²) in [5.41, 5.74) is 1.20. The van der Waals surface area contributed by atoms with Gasteiger partial charge in [-0.15, -0.1) is 24.0 Å². The molecule has 0 unspecified atom stereocenters. The fraction of sp³-hybridized carbons (Fsp3) is 0.600. The summed E-state index contributed by atoms with van der Waals surface area (Å²) in [4.78, 5) is 18.6. The highest BCUT2D eigenvalue weighted by Crippen LogP contribution is 2.43. The fourth-order valence-corrected chi connectivity index (χ4v) is 3.78. The fourth-order valence-electron chi connectivity index (χ4n) is 3.78. The van der Waals surface area contributed by atoms with E-state index in [-0.39, 0.29) is 47.7 Å². The molecule has 2 aliphatic rings. The third kappa shape index (κ3) is 5.56. The Labute approximate surface area is 178 Å². The lowest BCUT2D eigenvalue weighted by molar-refractivity contribution is -0.128. The first-order chi connectivity index (χ1) is 12.6. The number of carbonyl (C=O) groups is 1. The average Bonchev–Trinajstić information content (AvgIpc) is 3.14. The minimum atomic E-state index is -0.202. The molecule has 1 amide bonds. The number of hydrogen-bond acceptors (Lipinski definition) is 2. The van der Waals surface area contributed by atoms with E-state index in [1.54, 1.807) is 0 Å². The normalized spacial score (nSPS) is 18.4. The van der Waals surface area contributed by atoms with Crippen molar-refractivity contribution in [1.29, 1.82) is 0 Å². The summed E-state index contributed by atoms with van der Waals surface area (Å²) in [6, 6.07) is 6.83. The zero-order chi connectivity index (χ0) is 18.4. The molecular weight excluding hydrogens is 458 g/mol. The topological polar surface area (TPSA) is 56.7 Å². The van der Waals surface area contributed by atoms with Crippen LogP contribution in [0.25, 0.3) is 0 Å². The van der Waals surface area contributed by atoms with Crippen molar-refractivity contribution in [3.63, 3.8) is 0 Å². The summed E-state index contributed by atoms with van der Waals surface area (Å²) in [7, 11) is 0. The Morgan fingerprint density at radius 1 is 1.15 bits per heavy atom. The maximum absolute atomic E-state index is 13.2. The van der Waals surface area contributed by atoms with E-state index in [2.05, 4.69) is 15.6 Å². The molecule has 2 fully saturated rings. The molecule has 150 valence electrons. The van der Waals surface area contributed by atoms with Gasteiger partial charge in [-0.2, -0.15) is 0 Å². The highest BCUT2D eigenvalue weighted by molar-refractivity contribution is 14.0. The highest BCUT2D eigenvalue weighted by atomic mass is 127. The van der Waals surface area contributed by atoms with Gasteiger partial charge in [0.25, 0.3) is 0 Å². The van der Waals surface area contributed by atoms with Gasteiger partial charge >= 0.3 is 0 Å². The molecular formula is C20H30FIN4O. The van der Waals surface area contributed by atoms with Gasteiger partial charge < -0.3 is 15.5 Å². The van der Waals surface area contributed by atoms with E-state index in [9.17, 15) is 9.18 Å². The monoisotopic (exact) mass is 488 g/mol. The number of hydrogen-bond donors (Lipinski definition) is 2. The van der Waals surface area contributed by atoms with Gasteiger partial charge in [0, 0.05) is 31.6 Å². The number of halogens is 2. The van der Waals surface area contributed by atoms with Crippen LogP contribution < -0.4 is 10.6 Å². The Morgan fingerprint density at radius 3 is 2.37 bits per heavy atom. The molecule has 1 aromatic rings. The Hall–Kier alpha value is -1.38. The molecule has 1 saturated carbocycles. The van der Waals surface area contributed by atoms with Gasteiger partial charge in [0.15, 0.2) is 5.96 Å². The largest absolute Gasteiger partial charge is 0.357 e. The van der Waals surface area contributed by atoms with Crippen LogP contribution in [0.2, 0.25) is 0 Å². The van der Waals surface area contributed by atoms with E-state index in [1.165, 1.54) is 24.1 Å². The van der Waals surface area contributed by atoms with Crippen molar-refractivity contribution in [1.82, 2.24) is 15.5 Å². The molecule has 1 aliphatic heterocycles. The lowest BCUT2D eigenvalue weighted by Crippen LogP contribution is -2.49. The van der Waals surface area contributed by atoms with Gasteiger partial charge in [-0.1, -0.05) is 18.6 Å². The van der Waals surface area contributed by atoms with E-state index >= 15 is 0 Å². The molecule has 0 aromatic heterocycles. The van der Waals surface area contributed by atoms with E-state index < -0.39 is 0 Å². The van der Waals surface area contributed by atoms with Crippen LogP contribution in [-0.2, 0) is 10.2 Å². The number of guanidine groups is 1. The van der Waals surface area contributed by atoms with Crippen molar-refractivity contribution in [2.24, 2.45) is 4.99 Å². The number of likely N-dealkylation sites (tertiary alicyclic amines) is 1. The molecule has 1 saturated heterocycles. The van der Waals surface area contributed by atoms with E-state index in [1.807, 2.05) is 24.0 Å². The predicted octanol–water partition coefficient (Wildman–Crippen LogP) is 3.04. The van der Waals surface area contributed by atoms with Crippen LogP contribution in [-0.4, -0.2) is 49.5 Å². The smallest absolute Gasteiger partial charge is 0.244 e. The second-order valence-corrected chi connectivity index (χ2v) is 7.28. The van der Waals surface area contributed by atoms with Gasteiger partial charge in [-0.3, -0.25) is 4.79 Å². The van der Waals surface area contributed by atoms with Crippen LogP contribution in [0.4, 0.5) is 4.39 Å². The van der Waals surface area contributed by atoms with Crippen molar-refractivity contribution >= 4 is 35.8 Å². The lowest BCUT2D eigenvalue weighted by Gasteiger charge is -2.43.